The molecule has 3 N–H and O–H groups in total. The van der Waals surface area contributed by atoms with Crippen molar-refractivity contribution in [1.29, 1.82) is 0 Å². The van der Waals surface area contributed by atoms with Gasteiger partial charge in [-0.15, -0.1) is 0 Å². The van der Waals surface area contributed by atoms with E-state index in [-0.39, 0.29) is 29.3 Å². The largest absolute Gasteiger partial charge is 0.495 e. The number of nitrogens with one attached hydrogen (secondary N) is 2. The molecular formula is C16H18N4O4. The van der Waals surface area contributed by atoms with Crippen molar-refractivity contribution in [1.82, 2.24) is 20.3 Å². The molecule has 0 saturated heterocycles. The number of carbonyl (C=O) groups excluding carboxylic acids is 1. The van der Waals surface area contributed by atoms with Gasteiger partial charge in [-0.25, -0.2) is 4.98 Å². The van der Waals surface area contributed by atoms with E-state index in [9.17, 15) is 14.7 Å². The number of aromatic amines is 1. The van der Waals surface area contributed by atoms with Crippen LogP contribution >= 0.6 is 0 Å². The molecule has 3 rings (SSSR count). The molecule has 0 unspecified atom stereocenters. The Morgan fingerprint density at radius 3 is 2.83 bits per heavy atom. The molecule has 0 aliphatic heterocycles. The first-order valence-corrected chi connectivity index (χ1v) is 7.59. The highest BCUT2D eigenvalue weighted by atomic mass is 16.5. The minimum Gasteiger partial charge on any atom is -0.495 e. The second-order valence-electron chi connectivity index (χ2n) is 5.79. The Morgan fingerprint density at radius 1 is 1.42 bits per heavy atom. The molecule has 0 spiro atoms. The van der Waals surface area contributed by atoms with E-state index < -0.39 is 5.91 Å². The van der Waals surface area contributed by atoms with Crippen LogP contribution in [0.3, 0.4) is 0 Å². The van der Waals surface area contributed by atoms with Crippen LogP contribution in [0.25, 0.3) is 0 Å². The lowest BCUT2D eigenvalue weighted by Crippen LogP contribution is -2.41. The van der Waals surface area contributed by atoms with Gasteiger partial charge in [0.15, 0.2) is 0 Å². The van der Waals surface area contributed by atoms with Gasteiger partial charge < -0.3 is 20.1 Å². The third-order valence-electron chi connectivity index (χ3n) is 4.14. The number of aliphatic hydroxyl groups excluding tert-OH is 1. The standard InChI is InChI=1S/C16H18N4O4/c1-24-12-4-10(5-17-6-12)15(9-2-11(21)3-9)20-16(23)13-7-19-14(22)8-18-13/h4-9,11,15,21H,2-3H2,1H3,(H,19,22)(H,20,23)/t9?,11?,15-/m1/s1. The zero-order chi connectivity index (χ0) is 17.1. The van der Waals surface area contributed by atoms with E-state index in [1.165, 1.54) is 6.20 Å². The molecule has 24 heavy (non-hydrogen) atoms. The molecule has 1 saturated carbocycles. The minimum atomic E-state index is -0.402. The van der Waals surface area contributed by atoms with Gasteiger partial charge in [-0.2, -0.15) is 0 Å². The predicted molar refractivity (Wildman–Crippen MR) is 84.6 cm³/mol. The number of amides is 1. The summed E-state index contributed by atoms with van der Waals surface area (Å²) in [6.45, 7) is 0. The molecule has 0 radical (unpaired) electrons. The number of ether oxygens (including phenoxy) is 1. The zero-order valence-electron chi connectivity index (χ0n) is 13.1. The van der Waals surface area contributed by atoms with E-state index in [1.54, 1.807) is 19.5 Å². The molecule has 1 amide bonds. The van der Waals surface area contributed by atoms with Crippen LogP contribution in [-0.2, 0) is 0 Å². The molecule has 1 atom stereocenters. The number of carbonyl (C=O) groups is 1. The summed E-state index contributed by atoms with van der Waals surface area (Å²) in [6, 6.07) is 1.49. The van der Waals surface area contributed by atoms with Gasteiger partial charge in [0, 0.05) is 12.4 Å². The normalized spacial score (nSPS) is 20.8. The van der Waals surface area contributed by atoms with E-state index in [1.807, 2.05) is 6.07 Å². The van der Waals surface area contributed by atoms with Gasteiger partial charge in [0.25, 0.3) is 11.5 Å². The second kappa shape index (κ2) is 6.79. The number of rotatable bonds is 5. The molecule has 126 valence electrons. The molecular weight excluding hydrogens is 312 g/mol. The number of H-pyrrole nitrogens is 1. The molecule has 1 aliphatic carbocycles. The highest BCUT2D eigenvalue weighted by Crippen LogP contribution is 2.38. The van der Waals surface area contributed by atoms with Crippen LogP contribution in [0.5, 0.6) is 5.75 Å². The summed E-state index contributed by atoms with van der Waals surface area (Å²) < 4.78 is 5.18. The Hall–Kier alpha value is -2.74. The first-order valence-electron chi connectivity index (χ1n) is 7.59. The Balaban J connectivity index is 1.83. The van der Waals surface area contributed by atoms with Crippen molar-refractivity contribution in [2.75, 3.05) is 7.11 Å². The highest BCUT2D eigenvalue weighted by molar-refractivity contribution is 5.92. The van der Waals surface area contributed by atoms with Crippen molar-refractivity contribution in [3.8, 4) is 5.75 Å². The van der Waals surface area contributed by atoms with E-state index in [2.05, 4.69) is 20.3 Å². The van der Waals surface area contributed by atoms with Crippen LogP contribution in [0.1, 0.15) is 34.9 Å². The van der Waals surface area contributed by atoms with Crippen molar-refractivity contribution in [2.24, 2.45) is 5.92 Å². The fourth-order valence-corrected chi connectivity index (χ4v) is 2.77. The Morgan fingerprint density at radius 2 is 2.21 bits per heavy atom. The maximum atomic E-state index is 12.4. The minimum absolute atomic E-state index is 0.0978. The van der Waals surface area contributed by atoms with E-state index in [0.29, 0.717) is 18.6 Å². The van der Waals surface area contributed by atoms with Crippen molar-refractivity contribution in [3.05, 3.63) is 52.5 Å². The SMILES string of the molecule is COc1cncc([C@H](NC(=O)c2c[nH]c(=O)cn2)C2CC(O)C2)c1. The Kier molecular flexibility index (Phi) is 4.57. The lowest BCUT2D eigenvalue weighted by atomic mass is 9.75. The van der Waals surface area contributed by atoms with Crippen LogP contribution in [-0.4, -0.2) is 39.2 Å². The average Bonchev–Trinajstić information content (AvgIpc) is 2.57. The van der Waals surface area contributed by atoms with Crippen LogP contribution in [0.2, 0.25) is 0 Å². The lowest BCUT2D eigenvalue weighted by Gasteiger charge is -2.38. The average molecular weight is 330 g/mol. The lowest BCUT2D eigenvalue weighted by molar-refractivity contribution is 0.0234. The first-order chi connectivity index (χ1) is 11.6. The van der Waals surface area contributed by atoms with Gasteiger partial charge >= 0.3 is 0 Å². The number of pyridine rings is 1. The number of hydrogen-bond donors (Lipinski definition) is 3. The highest BCUT2D eigenvalue weighted by Gasteiger charge is 2.36. The van der Waals surface area contributed by atoms with Crippen LogP contribution in [0.15, 0.2) is 35.6 Å². The van der Waals surface area contributed by atoms with Crippen molar-refractivity contribution in [2.45, 2.75) is 25.0 Å². The molecule has 0 bridgehead atoms. The molecule has 8 heteroatoms. The summed E-state index contributed by atoms with van der Waals surface area (Å²) in [4.78, 5) is 33.9. The molecule has 8 nitrogen and oxygen atoms in total. The van der Waals surface area contributed by atoms with E-state index in [4.69, 9.17) is 4.74 Å². The number of aliphatic hydroxyl groups is 1. The number of aromatic nitrogens is 3. The smallest absolute Gasteiger partial charge is 0.271 e. The number of nitrogens with zero attached hydrogens (tertiary/aromatic N) is 2. The monoisotopic (exact) mass is 330 g/mol. The van der Waals surface area contributed by atoms with Gasteiger partial charge in [-0.3, -0.25) is 14.6 Å². The van der Waals surface area contributed by atoms with Gasteiger partial charge in [0.2, 0.25) is 0 Å². The summed E-state index contributed by atoms with van der Waals surface area (Å²) in [7, 11) is 1.55. The topological polar surface area (TPSA) is 117 Å². The van der Waals surface area contributed by atoms with Crippen molar-refractivity contribution >= 4 is 5.91 Å². The first kappa shape index (κ1) is 16.1. The fraction of sp³-hybridized carbons (Fsp3) is 0.375. The van der Waals surface area contributed by atoms with Gasteiger partial charge in [0.05, 0.1) is 31.6 Å². The summed E-state index contributed by atoms with van der Waals surface area (Å²) in [5.74, 6) is 0.287. The van der Waals surface area contributed by atoms with Gasteiger partial charge in [-0.05, 0) is 30.4 Å². The molecule has 2 heterocycles. The van der Waals surface area contributed by atoms with Crippen LogP contribution in [0, 0.1) is 5.92 Å². The second-order valence-corrected chi connectivity index (χ2v) is 5.79. The van der Waals surface area contributed by atoms with E-state index >= 15 is 0 Å². The summed E-state index contributed by atoms with van der Waals surface area (Å²) in [5, 5.41) is 12.5. The molecule has 1 fully saturated rings. The third-order valence-corrected chi connectivity index (χ3v) is 4.14. The van der Waals surface area contributed by atoms with Gasteiger partial charge in [-0.1, -0.05) is 0 Å². The Bertz CT molecular complexity index is 765. The summed E-state index contributed by atoms with van der Waals surface area (Å²) in [5.41, 5.74) is 0.543. The molecule has 1 aliphatic rings. The third kappa shape index (κ3) is 3.43. The van der Waals surface area contributed by atoms with Crippen LogP contribution < -0.4 is 15.6 Å². The van der Waals surface area contributed by atoms with E-state index in [0.717, 1.165) is 11.8 Å². The van der Waals surface area contributed by atoms with Crippen molar-refractivity contribution < 1.29 is 14.6 Å². The summed E-state index contributed by atoms with van der Waals surface area (Å²) >= 11 is 0. The maximum Gasteiger partial charge on any atom is 0.271 e. The van der Waals surface area contributed by atoms with Crippen LogP contribution in [0.4, 0.5) is 0 Å². The summed E-state index contributed by atoms with van der Waals surface area (Å²) in [6.07, 6.45) is 6.43. The zero-order valence-corrected chi connectivity index (χ0v) is 13.1. The fourth-order valence-electron chi connectivity index (χ4n) is 2.77. The quantitative estimate of drug-likeness (QED) is 0.731. The molecule has 2 aromatic heterocycles. The molecule has 2 aromatic rings. The number of methoxy groups -OCH3 is 1. The molecule has 0 aromatic carbocycles. The maximum absolute atomic E-state index is 12.4. The Labute approximate surface area is 137 Å². The predicted octanol–water partition coefficient (Wildman–Crippen LogP) is 0.415. The van der Waals surface area contributed by atoms with Gasteiger partial charge in [0.1, 0.15) is 11.4 Å². The number of hydrogen-bond acceptors (Lipinski definition) is 6. The van der Waals surface area contributed by atoms with Crippen molar-refractivity contribution in [3.63, 3.8) is 0 Å².